The first kappa shape index (κ1) is 25.3. The first-order valence-corrected chi connectivity index (χ1v) is 10.9. The third kappa shape index (κ3) is 6.09. The van der Waals surface area contributed by atoms with Gasteiger partial charge in [-0.3, -0.25) is 9.59 Å². The van der Waals surface area contributed by atoms with Crippen molar-refractivity contribution in [1.82, 2.24) is 19.7 Å². The van der Waals surface area contributed by atoms with Crippen LogP contribution in [0.1, 0.15) is 40.9 Å². The van der Waals surface area contributed by atoms with E-state index in [1.165, 1.54) is 29.2 Å². The van der Waals surface area contributed by atoms with Gasteiger partial charge in [0, 0.05) is 23.9 Å². The van der Waals surface area contributed by atoms with E-state index in [0.29, 0.717) is 11.3 Å². The number of nitrogens with two attached hydrogens (primary N) is 1. The topological polar surface area (TPSA) is 145 Å². The third-order valence-corrected chi connectivity index (χ3v) is 5.11. The van der Waals surface area contributed by atoms with Gasteiger partial charge in [0.05, 0.1) is 17.6 Å². The van der Waals surface area contributed by atoms with Crippen molar-refractivity contribution in [3.05, 3.63) is 66.7 Å². The van der Waals surface area contributed by atoms with Crippen LogP contribution in [0.5, 0.6) is 0 Å². The fourth-order valence-electron chi connectivity index (χ4n) is 3.25. The molecular formula is C23H22F3N8O3+. The Bertz CT molecular complexity index is 1430. The quantitative estimate of drug-likeness (QED) is 0.306. The molecule has 4 aromatic rings. The van der Waals surface area contributed by atoms with Gasteiger partial charge < -0.3 is 20.8 Å². The molecule has 11 nitrogen and oxygen atoms in total. The van der Waals surface area contributed by atoms with E-state index in [1.807, 2.05) is 30.8 Å². The predicted octanol–water partition coefficient (Wildman–Crippen LogP) is 3.12. The lowest BCUT2D eigenvalue weighted by molar-refractivity contribution is -0.716. The molecule has 2 amide bonds. The number of nitrogens with zero attached hydrogens (tertiary/aromatic N) is 5. The summed E-state index contributed by atoms with van der Waals surface area (Å²) in [5, 5.41) is 8.88. The molecule has 0 saturated heterocycles. The van der Waals surface area contributed by atoms with E-state index >= 15 is 0 Å². The van der Waals surface area contributed by atoms with Gasteiger partial charge in [-0.1, -0.05) is 0 Å². The summed E-state index contributed by atoms with van der Waals surface area (Å²) < 4.78 is 46.1. The molecule has 4 rings (SSSR count). The van der Waals surface area contributed by atoms with Crippen molar-refractivity contribution >= 4 is 23.3 Å². The Morgan fingerprint density at radius 2 is 1.95 bits per heavy atom. The Kier molecular flexibility index (Phi) is 6.91. The van der Waals surface area contributed by atoms with E-state index in [9.17, 15) is 22.8 Å². The van der Waals surface area contributed by atoms with Gasteiger partial charge in [0.1, 0.15) is 18.6 Å². The number of aromatic nitrogens is 5. The van der Waals surface area contributed by atoms with Gasteiger partial charge in [-0.15, -0.1) is 0 Å². The van der Waals surface area contributed by atoms with Gasteiger partial charge in [-0.05, 0) is 26.0 Å². The predicted molar refractivity (Wildman–Crippen MR) is 125 cm³/mol. The lowest BCUT2D eigenvalue weighted by Crippen LogP contribution is -2.34. The molecule has 0 unspecified atom stereocenters. The molecule has 4 N–H and O–H groups in total. The maximum atomic E-state index is 12.8. The number of hydrogen-bond acceptors (Lipinski definition) is 7. The van der Waals surface area contributed by atoms with Crippen LogP contribution in [0.2, 0.25) is 0 Å². The molecule has 4 heterocycles. The maximum Gasteiger partial charge on any atom is 0.405 e. The van der Waals surface area contributed by atoms with Crippen molar-refractivity contribution < 1.29 is 31.7 Å². The zero-order chi connectivity index (χ0) is 26.7. The van der Waals surface area contributed by atoms with Crippen molar-refractivity contribution in [2.24, 2.45) is 5.73 Å². The van der Waals surface area contributed by atoms with Crippen LogP contribution in [0.3, 0.4) is 0 Å². The van der Waals surface area contributed by atoms with Gasteiger partial charge in [0.25, 0.3) is 11.8 Å². The number of alkyl halides is 3. The SMILES string of the molecule is CC(C)[n+]1ccc(-n2cc(NC(=O)c3coc(-c4ccnc(NCC(F)(F)F)c4)n3)c(C(N)=O)n2)cc1. The molecule has 4 aromatic heterocycles. The van der Waals surface area contributed by atoms with Crippen molar-refractivity contribution in [2.45, 2.75) is 26.1 Å². The van der Waals surface area contributed by atoms with Crippen LogP contribution in [0, 0.1) is 0 Å². The summed E-state index contributed by atoms with van der Waals surface area (Å²) in [5.41, 5.74) is 6.14. The van der Waals surface area contributed by atoms with Crippen LogP contribution in [-0.4, -0.2) is 44.3 Å². The molecule has 0 saturated carbocycles. The molecular weight excluding hydrogens is 493 g/mol. The van der Waals surface area contributed by atoms with E-state index in [1.54, 1.807) is 12.1 Å². The number of amides is 2. The summed E-state index contributed by atoms with van der Waals surface area (Å²) in [7, 11) is 0. The van der Waals surface area contributed by atoms with E-state index in [4.69, 9.17) is 10.2 Å². The number of halogens is 3. The number of pyridine rings is 2. The summed E-state index contributed by atoms with van der Waals surface area (Å²) in [6.07, 6.45) is 3.07. The van der Waals surface area contributed by atoms with E-state index in [2.05, 4.69) is 25.7 Å². The molecule has 0 spiro atoms. The fraction of sp³-hybridized carbons (Fsp3) is 0.217. The Hall–Kier alpha value is -4.75. The van der Waals surface area contributed by atoms with Gasteiger partial charge in [-0.2, -0.15) is 18.3 Å². The van der Waals surface area contributed by atoms with Crippen LogP contribution >= 0.6 is 0 Å². The zero-order valence-electron chi connectivity index (χ0n) is 19.7. The summed E-state index contributed by atoms with van der Waals surface area (Å²) >= 11 is 0. The molecule has 0 radical (unpaired) electrons. The highest BCUT2D eigenvalue weighted by Crippen LogP contribution is 2.23. The number of primary amides is 1. The summed E-state index contributed by atoms with van der Waals surface area (Å²) in [4.78, 5) is 32.6. The maximum absolute atomic E-state index is 12.8. The van der Waals surface area contributed by atoms with Gasteiger partial charge in [0.15, 0.2) is 29.8 Å². The number of oxazole rings is 1. The Morgan fingerprint density at radius 1 is 1.22 bits per heavy atom. The molecule has 0 fully saturated rings. The van der Waals surface area contributed by atoms with Crippen LogP contribution in [-0.2, 0) is 0 Å². The second-order valence-corrected chi connectivity index (χ2v) is 8.19. The summed E-state index contributed by atoms with van der Waals surface area (Å²) in [6.45, 7) is 2.79. The van der Waals surface area contributed by atoms with Crippen LogP contribution in [0.25, 0.3) is 17.1 Å². The second kappa shape index (κ2) is 10.1. The van der Waals surface area contributed by atoms with Crippen LogP contribution < -0.4 is 20.9 Å². The highest BCUT2D eigenvalue weighted by Gasteiger charge is 2.27. The van der Waals surface area contributed by atoms with Crippen molar-refractivity contribution in [1.29, 1.82) is 0 Å². The zero-order valence-corrected chi connectivity index (χ0v) is 19.7. The smallest absolute Gasteiger partial charge is 0.405 e. The number of nitrogens with one attached hydrogen (secondary N) is 2. The lowest BCUT2D eigenvalue weighted by Gasteiger charge is -2.08. The highest BCUT2D eigenvalue weighted by atomic mass is 19.4. The minimum absolute atomic E-state index is 0.0174. The van der Waals surface area contributed by atoms with Gasteiger partial charge >= 0.3 is 6.18 Å². The minimum atomic E-state index is -4.42. The number of rotatable bonds is 8. The largest absolute Gasteiger partial charge is 0.444 e. The third-order valence-electron chi connectivity index (χ3n) is 5.11. The molecule has 37 heavy (non-hydrogen) atoms. The highest BCUT2D eigenvalue weighted by molar-refractivity contribution is 6.07. The van der Waals surface area contributed by atoms with Crippen LogP contribution in [0.15, 0.2) is 59.7 Å². The first-order valence-electron chi connectivity index (χ1n) is 10.9. The standard InChI is InChI=1S/C23H21F3N8O3/c1-13(2)33-7-4-15(5-8-33)34-10-16(19(32-34)20(27)35)30-21(36)17-11-37-22(31-17)14-3-6-28-18(9-14)29-12-23(24,25)26/h3-11,13H,12H2,1-2H3,(H3-,27,28,29,30,35,36)/p+1. The van der Waals surface area contributed by atoms with Crippen molar-refractivity contribution in [2.75, 3.05) is 17.2 Å². The Morgan fingerprint density at radius 3 is 2.59 bits per heavy atom. The monoisotopic (exact) mass is 515 g/mol. The molecule has 0 aliphatic carbocycles. The van der Waals surface area contributed by atoms with E-state index < -0.39 is 24.5 Å². The Labute approximate surface area is 208 Å². The molecule has 0 bridgehead atoms. The molecule has 0 aliphatic heterocycles. The molecule has 192 valence electrons. The van der Waals surface area contributed by atoms with Crippen molar-refractivity contribution in [3.8, 4) is 17.1 Å². The van der Waals surface area contributed by atoms with Gasteiger partial charge in [-0.25, -0.2) is 19.2 Å². The number of anilines is 2. The fourth-order valence-corrected chi connectivity index (χ4v) is 3.25. The molecule has 0 atom stereocenters. The average molecular weight is 515 g/mol. The number of carbonyl (C=O) groups is 2. The molecule has 0 aliphatic rings. The summed E-state index contributed by atoms with van der Waals surface area (Å²) in [5.74, 6) is -1.63. The lowest BCUT2D eigenvalue weighted by atomic mass is 10.2. The van der Waals surface area contributed by atoms with Crippen molar-refractivity contribution in [3.63, 3.8) is 0 Å². The minimum Gasteiger partial charge on any atom is -0.444 e. The summed E-state index contributed by atoms with van der Waals surface area (Å²) in [6, 6.07) is 6.60. The molecule has 0 aromatic carbocycles. The average Bonchev–Trinajstić information content (AvgIpc) is 3.51. The Balaban J connectivity index is 1.52. The first-order chi connectivity index (χ1) is 17.5. The molecule has 14 heteroatoms. The number of hydrogen-bond donors (Lipinski definition) is 3. The van der Waals surface area contributed by atoms with E-state index in [0.717, 1.165) is 6.26 Å². The van der Waals surface area contributed by atoms with Crippen LogP contribution in [0.4, 0.5) is 24.7 Å². The number of carbonyl (C=O) groups excluding carboxylic acids is 2. The second-order valence-electron chi connectivity index (χ2n) is 8.19. The van der Waals surface area contributed by atoms with Gasteiger partial charge in [0.2, 0.25) is 5.89 Å². The van der Waals surface area contributed by atoms with E-state index in [-0.39, 0.29) is 34.8 Å². The normalized spacial score (nSPS) is 11.5.